The number of hydrogen-bond donors (Lipinski definition) is 0. The van der Waals surface area contributed by atoms with Crippen LogP contribution in [0.25, 0.3) is 0 Å². The number of unbranched alkanes of at least 4 members (excludes halogenated alkanes) is 1. The van der Waals surface area contributed by atoms with Crippen LogP contribution in [0.5, 0.6) is 0 Å². The van der Waals surface area contributed by atoms with Gasteiger partial charge in [-0.1, -0.05) is 12.8 Å². The van der Waals surface area contributed by atoms with Crippen LogP contribution >= 0.6 is 11.6 Å². The third-order valence-corrected chi connectivity index (χ3v) is 5.13. The number of sulfonamides is 1. The van der Waals surface area contributed by atoms with E-state index in [-0.39, 0.29) is 12.2 Å². The van der Waals surface area contributed by atoms with Gasteiger partial charge in [-0.15, -0.1) is 0 Å². The Morgan fingerprint density at radius 2 is 1.65 bits per heavy atom. The Labute approximate surface area is 108 Å². The number of rotatable bonds is 6. The van der Waals surface area contributed by atoms with Gasteiger partial charge in [-0.25, -0.2) is 12.7 Å². The maximum atomic E-state index is 12.0. The van der Waals surface area contributed by atoms with Gasteiger partial charge in [0, 0.05) is 19.5 Å². The van der Waals surface area contributed by atoms with E-state index >= 15 is 0 Å². The Hall–Kier alpha value is -0.130. The highest BCUT2D eigenvalue weighted by Gasteiger charge is 2.22. The fourth-order valence-electron chi connectivity index (χ4n) is 2.00. The van der Waals surface area contributed by atoms with E-state index in [1.165, 1.54) is 0 Å². The fraction of sp³-hybridized carbons (Fsp3) is 0.909. The third kappa shape index (κ3) is 5.84. The van der Waals surface area contributed by atoms with E-state index in [1.807, 2.05) is 0 Å². The Morgan fingerprint density at radius 3 is 2.18 bits per heavy atom. The van der Waals surface area contributed by atoms with Crippen LogP contribution in [-0.4, -0.2) is 36.8 Å². The monoisotopic (exact) mass is 281 g/mol. The molecule has 0 saturated carbocycles. The quantitative estimate of drug-likeness (QED) is 0.554. The van der Waals surface area contributed by atoms with Gasteiger partial charge in [0.15, 0.2) is 0 Å². The van der Waals surface area contributed by atoms with E-state index in [2.05, 4.69) is 0 Å². The Bertz CT molecular complexity index is 335. The van der Waals surface area contributed by atoms with Crippen LogP contribution in [0.15, 0.2) is 0 Å². The Kier molecular flexibility index (Phi) is 6.44. The van der Waals surface area contributed by atoms with Crippen LogP contribution in [0.2, 0.25) is 0 Å². The fourth-order valence-corrected chi connectivity index (χ4v) is 3.77. The molecule has 0 aromatic rings. The first-order valence-electron chi connectivity index (χ1n) is 6.18. The summed E-state index contributed by atoms with van der Waals surface area (Å²) in [6, 6.07) is 0. The minimum absolute atomic E-state index is 0.136. The Morgan fingerprint density at radius 1 is 1.06 bits per heavy atom. The number of carbonyl (C=O) groups excluding carboxylic acids is 1. The van der Waals surface area contributed by atoms with Gasteiger partial charge < -0.3 is 0 Å². The molecule has 1 aliphatic rings. The normalized spacial score (nSPS) is 18.9. The lowest BCUT2D eigenvalue weighted by Gasteiger charge is -2.19. The maximum Gasteiger partial charge on any atom is 0.221 e. The zero-order chi connectivity index (χ0) is 12.7. The number of carbonyl (C=O) groups is 1. The molecule has 0 aromatic carbocycles. The molecular formula is C11H20ClNO3S. The van der Waals surface area contributed by atoms with Crippen molar-refractivity contribution in [3.8, 4) is 0 Å². The molecule has 1 saturated heterocycles. The first-order chi connectivity index (χ1) is 8.02. The summed E-state index contributed by atoms with van der Waals surface area (Å²) in [4.78, 5) is 10.5. The van der Waals surface area contributed by atoms with Gasteiger partial charge in [0.05, 0.1) is 5.75 Å². The highest BCUT2D eigenvalue weighted by atomic mass is 35.5. The van der Waals surface area contributed by atoms with Gasteiger partial charge in [-0.3, -0.25) is 4.79 Å². The zero-order valence-electron chi connectivity index (χ0n) is 10.0. The molecule has 0 spiro atoms. The van der Waals surface area contributed by atoms with Crippen LogP contribution in [0.1, 0.15) is 44.9 Å². The molecular weight excluding hydrogens is 262 g/mol. The molecule has 1 heterocycles. The summed E-state index contributed by atoms with van der Waals surface area (Å²) in [6.07, 6.45) is 5.47. The Balaban J connectivity index is 2.35. The second-order valence-corrected chi connectivity index (χ2v) is 6.95. The summed E-state index contributed by atoms with van der Waals surface area (Å²) in [6.45, 7) is 1.30. The van der Waals surface area contributed by atoms with Crippen LogP contribution in [0.4, 0.5) is 0 Å². The molecule has 1 aliphatic heterocycles. The van der Waals surface area contributed by atoms with Gasteiger partial charge in [-0.05, 0) is 37.3 Å². The van der Waals surface area contributed by atoms with Gasteiger partial charge in [0.1, 0.15) is 0 Å². The molecule has 0 amide bonds. The van der Waals surface area contributed by atoms with Crippen LogP contribution in [-0.2, 0) is 14.8 Å². The number of hydrogen-bond acceptors (Lipinski definition) is 3. The van der Waals surface area contributed by atoms with Crippen molar-refractivity contribution in [2.45, 2.75) is 44.9 Å². The van der Waals surface area contributed by atoms with Crippen molar-refractivity contribution in [1.29, 1.82) is 0 Å². The lowest BCUT2D eigenvalue weighted by molar-refractivity contribution is -0.111. The van der Waals surface area contributed by atoms with Crippen molar-refractivity contribution >= 4 is 26.9 Å². The molecule has 0 unspecified atom stereocenters. The molecule has 1 rings (SSSR count). The molecule has 0 aliphatic carbocycles. The van der Waals surface area contributed by atoms with E-state index in [1.54, 1.807) is 4.31 Å². The van der Waals surface area contributed by atoms with Gasteiger partial charge in [-0.2, -0.15) is 0 Å². The zero-order valence-corrected chi connectivity index (χ0v) is 11.6. The SMILES string of the molecule is O=C(Cl)CCCCS(=O)(=O)N1CCCCCC1. The van der Waals surface area contributed by atoms with Crippen LogP contribution < -0.4 is 0 Å². The molecule has 0 N–H and O–H groups in total. The molecule has 6 heteroatoms. The smallest absolute Gasteiger partial charge is 0.221 e. The average molecular weight is 282 g/mol. The molecule has 0 radical (unpaired) electrons. The topological polar surface area (TPSA) is 54.5 Å². The van der Waals surface area contributed by atoms with Gasteiger partial charge >= 0.3 is 0 Å². The molecule has 0 aromatic heterocycles. The largest absolute Gasteiger partial charge is 0.281 e. The van der Waals surface area contributed by atoms with E-state index < -0.39 is 15.3 Å². The average Bonchev–Trinajstić information content (AvgIpc) is 2.53. The first kappa shape index (κ1) is 14.9. The number of halogens is 1. The lowest BCUT2D eigenvalue weighted by atomic mass is 10.2. The van der Waals surface area contributed by atoms with Crippen LogP contribution in [0.3, 0.4) is 0 Å². The minimum atomic E-state index is -3.13. The third-order valence-electron chi connectivity index (χ3n) is 2.98. The van der Waals surface area contributed by atoms with Crippen molar-refractivity contribution in [2.24, 2.45) is 0 Å². The standard InChI is InChI=1S/C11H20ClNO3S/c12-11(14)7-3-6-10-17(15,16)13-8-4-1-2-5-9-13/h1-10H2. The molecule has 100 valence electrons. The minimum Gasteiger partial charge on any atom is -0.281 e. The predicted octanol–water partition coefficient (Wildman–Crippen LogP) is 2.13. The first-order valence-corrected chi connectivity index (χ1v) is 8.17. The molecule has 4 nitrogen and oxygen atoms in total. The molecule has 1 fully saturated rings. The van der Waals surface area contributed by atoms with E-state index in [4.69, 9.17) is 11.6 Å². The second-order valence-electron chi connectivity index (χ2n) is 4.44. The highest BCUT2D eigenvalue weighted by Crippen LogP contribution is 2.15. The maximum absolute atomic E-state index is 12.0. The van der Waals surface area contributed by atoms with E-state index in [9.17, 15) is 13.2 Å². The van der Waals surface area contributed by atoms with E-state index in [0.717, 1.165) is 25.7 Å². The lowest BCUT2D eigenvalue weighted by Crippen LogP contribution is -2.33. The summed E-state index contributed by atoms with van der Waals surface area (Å²) in [5, 5.41) is -0.392. The van der Waals surface area contributed by atoms with E-state index in [0.29, 0.717) is 25.9 Å². The highest BCUT2D eigenvalue weighted by molar-refractivity contribution is 7.89. The van der Waals surface area contributed by atoms with Crippen molar-refractivity contribution in [2.75, 3.05) is 18.8 Å². The molecule has 0 bridgehead atoms. The summed E-state index contributed by atoms with van der Waals surface area (Å²) in [5.74, 6) is 0.136. The van der Waals surface area contributed by atoms with Crippen LogP contribution in [0, 0.1) is 0 Å². The van der Waals surface area contributed by atoms with Crippen molar-refractivity contribution in [3.63, 3.8) is 0 Å². The van der Waals surface area contributed by atoms with Gasteiger partial charge in [0.2, 0.25) is 15.3 Å². The predicted molar refractivity (Wildman–Crippen MR) is 68.5 cm³/mol. The summed E-state index contributed by atoms with van der Waals surface area (Å²) in [7, 11) is -3.13. The summed E-state index contributed by atoms with van der Waals surface area (Å²) < 4.78 is 25.6. The summed E-state index contributed by atoms with van der Waals surface area (Å²) >= 11 is 5.20. The van der Waals surface area contributed by atoms with Gasteiger partial charge in [0.25, 0.3) is 0 Å². The van der Waals surface area contributed by atoms with Crippen molar-refractivity contribution in [3.05, 3.63) is 0 Å². The second kappa shape index (κ2) is 7.34. The van der Waals surface area contributed by atoms with Crippen molar-refractivity contribution < 1.29 is 13.2 Å². The van der Waals surface area contributed by atoms with Crippen molar-refractivity contribution in [1.82, 2.24) is 4.31 Å². The molecule has 17 heavy (non-hydrogen) atoms. The molecule has 0 atom stereocenters. The number of nitrogens with zero attached hydrogens (tertiary/aromatic N) is 1. The summed E-state index contributed by atoms with van der Waals surface area (Å²) in [5.41, 5.74) is 0.